The predicted octanol–water partition coefficient (Wildman–Crippen LogP) is 3.71. The molecule has 1 amide bonds. The summed E-state index contributed by atoms with van der Waals surface area (Å²) in [4.78, 5) is 27.0. The molecule has 4 rings (SSSR count). The minimum Gasteiger partial charge on any atom is -0.385 e. The Hall–Kier alpha value is -2.70. The second-order valence-corrected chi connectivity index (χ2v) is 7.94. The van der Waals surface area contributed by atoms with E-state index in [1.807, 2.05) is 6.07 Å². The second-order valence-electron chi connectivity index (χ2n) is 7.00. The van der Waals surface area contributed by atoms with Crippen LogP contribution >= 0.6 is 11.3 Å². The van der Waals surface area contributed by atoms with Gasteiger partial charge < -0.3 is 15.0 Å². The fraction of sp³-hybridized carbons (Fsp3) is 0.273. The average Bonchev–Trinajstić information content (AvgIpc) is 3.25. The van der Waals surface area contributed by atoms with Gasteiger partial charge in [0.1, 0.15) is 0 Å². The van der Waals surface area contributed by atoms with Crippen molar-refractivity contribution in [2.45, 2.75) is 12.1 Å². The number of rotatable bonds is 5. The third kappa shape index (κ3) is 3.66. The Morgan fingerprint density at radius 1 is 1.18 bits per heavy atom. The number of carbonyl (C=O) groups excluding carboxylic acids is 2. The molecule has 0 radical (unpaired) electrons. The van der Waals surface area contributed by atoms with Gasteiger partial charge in [0.15, 0.2) is 11.5 Å². The van der Waals surface area contributed by atoms with E-state index in [1.54, 1.807) is 35.4 Å². The van der Waals surface area contributed by atoms with Gasteiger partial charge in [-0.2, -0.15) is 0 Å². The summed E-state index contributed by atoms with van der Waals surface area (Å²) in [6, 6.07) is 12.5. The third-order valence-corrected chi connectivity index (χ3v) is 6.12. The molecular formula is C22H22N2O3S. The van der Waals surface area contributed by atoms with Crippen LogP contribution in [0.4, 0.5) is 5.69 Å². The van der Waals surface area contributed by atoms with Gasteiger partial charge in [-0.1, -0.05) is 18.2 Å². The third-order valence-electron chi connectivity index (χ3n) is 5.21. The van der Waals surface area contributed by atoms with Crippen molar-refractivity contribution in [1.29, 1.82) is 0 Å². The molecule has 1 aromatic carbocycles. The molecule has 0 saturated carbocycles. The van der Waals surface area contributed by atoms with Crippen molar-refractivity contribution in [3.63, 3.8) is 0 Å². The number of anilines is 1. The summed E-state index contributed by atoms with van der Waals surface area (Å²) >= 11 is 1.72. The van der Waals surface area contributed by atoms with E-state index >= 15 is 0 Å². The maximum atomic E-state index is 12.8. The minimum atomic E-state index is -0.924. The maximum Gasteiger partial charge on any atom is 0.230 e. The van der Waals surface area contributed by atoms with Gasteiger partial charge in [0.25, 0.3) is 0 Å². The first-order valence-corrected chi connectivity index (χ1v) is 10.2. The molecule has 6 heteroatoms. The Kier molecular flexibility index (Phi) is 5.15. The molecule has 1 aliphatic heterocycles. The van der Waals surface area contributed by atoms with Crippen LogP contribution in [0.3, 0.4) is 0 Å². The molecule has 144 valence electrons. The molecule has 1 unspecified atom stereocenters. The van der Waals surface area contributed by atoms with E-state index in [0.717, 1.165) is 5.69 Å². The van der Waals surface area contributed by atoms with Gasteiger partial charge in [-0.25, -0.2) is 0 Å². The van der Waals surface area contributed by atoms with Crippen LogP contribution in [0.15, 0.2) is 66.1 Å². The Balaban J connectivity index is 1.31. The monoisotopic (exact) mass is 394 g/mol. The Bertz CT molecular complexity index is 900. The van der Waals surface area contributed by atoms with Gasteiger partial charge in [0, 0.05) is 24.2 Å². The lowest BCUT2D eigenvalue weighted by molar-refractivity contribution is -0.175. The van der Waals surface area contributed by atoms with Crippen LogP contribution in [0.5, 0.6) is 0 Å². The van der Waals surface area contributed by atoms with Crippen LogP contribution in [0.2, 0.25) is 0 Å². The lowest BCUT2D eigenvalue weighted by atomic mass is 9.96. The van der Waals surface area contributed by atoms with Crippen molar-refractivity contribution in [1.82, 2.24) is 4.90 Å². The topological polar surface area (TPSA) is 58.6 Å². The summed E-state index contributed by atoms with van der Waals surface area (Å²) in [6.45, 7) is 1.02. The van der Waals surface area contributed by atoms with Gasteiger partial charge in [-0.3, -0.25) is 9.59 Å². The standard InChI is InChI=1S/C22H22N2O3S/c1-24-21(26)17(15-27-22(24)11-8-19(25)9-12-22)10-13-23-18-6-4-16(5-7-18)20-3-2-14-28-20/h2-9,11-12,14,17,23H,10,13,15H2,1H3. The largest absolute Gasteiger partial charge is 0.385 e. The van der Waals surface area contributed by atoms with Gasteiger partial charge in [0.05, 0.1) is 12.5 Å². The number of carbonyl (C=O) groups is 2. The quantitative estimate of drug-likeness (QED) is 0.840. The number of likely N-dealkylation sites (N-methyl/N-ethyl adjacent to an activating group) is 1. The Morgan fingerprint density at radius 3 is 2.61 bits per heavy atom. The highest BCUT2D eigenvalue weighted by Crippen LogP contribution is 2.31. The zero-order valence-corrected chi connectivity index (χ0v) is 16.4. The number of ether oxygens (including phenoxy) is 1. The van der Waals surface area contributed by atoms with Gasteiger partial charge in [-0.05, 0) is 59.9 Å². The van der Waals surface area contributed by atoms with Crippen LogP contribution in [0.1, 0.15) is 6.42 Å². The zero-order chi connectivity index (χ0) is 19.6. The van der Waals surface area contributed by atoms with Crippen LogP contribution < -0.4 is 5.32 Å². The van der Waals surface area contributed by atoms with E-state index in [-0.39, 0.29) is 17.6 Å². The number of nitrogens with zero attached hydrogens (tertiary/aromatic N) is 1. The van der Waals surface area contributed by atoms with Crippen LogP contribution in [0.25, 0.3) is 10.4 Å². The molecule has 1 spiro atoms. The molecule has 1 N–H and O–H groups in total. The molecule has 5 nitrogen and oxygen atoms in total. The molecule has 2 aromatic rings. The molecule has 2 aliphatic rings. The number of nitrogens with one attached hydrogen (secondary N) is 1. The summed E-state index contributed by atoms with van der Waals surface area (Å²) in [5, 5.41) is 5.45. The van der Waals surface area contributed by atoms with Crippen molar-refractivity contribution >= 4 is 28.7 Å². The normalized spacial score (nSPS) is 20.8. The molecule has 1 fully saturated rings. The Labute approximate surface area is 168 Å². The summed E-state index contributed by atoms with van der Waals surface area (Å²) < 4.78 is 5.96. The minimum absolute atomic E-state index is 0.0322. The molecule has 28 heavy (non-hydrogen) atoms. The lowest BCUT2D eigenvalue weighted by Gasteiger charge is -2.44. The summed E-state index contributed by atoms with van der Waals surface area (Å²) in [6.07, 6.45) is 6.88. The van der Waals surface area contributed by atoms with Gasteiger partial charge in [-0.15, -0.1) is 11.3 Å². The fourth-order valence-electron chi connectivity index (χ4n) is 3.48. The highest BCUT2D eigenvalue weighted by atomic mass is 32.1. The summed E-state index contributed by atoms with van der Waals surface area (Å²) in [7, 11) is 1.72. The van der Waals surface area contributed by atoms with Crippen molar-refractivity contribution in [3.8, 4) is 10.4 Å². The molecular weight excluding hydrogens is 372 g/mol. The van der Waals surface area contributed by atoms with Crippen LogP contribution in [-0.4, -0.2) is 42.5 Å². The van der Waals surface area contributed by atoms with Crippen molar-refractivity contribution in [3.05, 3.63) is 66.1 Å². The molecule has 2 heterocycles. The van der Waals surface area contributed by atoms with Crippen molar-refractivity contribution < 1.29 is 14.3 Å². The van der Waals surface area contributed by atoms with E-state index in [1.165, 1.54) is 22.6 Å². The highest BCUT2D eigenvalue weighted by molar-refractivity contribution is 7.13. The van der Waals surface area contributed by atoms with Gasteiger partial charge >= 0.3 is 0 Å². The SMILES string of the molecule is CN1C(=O)C(CCNc2ccc(-c3cccs3)cc2)COC12C=CC(=O)C=C2. The number of benzene rings is 1. The van der Waals surface area contributed by atoms with Crippen LogP contribution in [-0.2, 0) is 14.3 Å². The smallest absolute Gasteiger partial charge is 0.230 e. The Morgan fingerprint density at radius 2 is 1.93 bits per heavy atom. The number of allylic oxidation sites excluding steroid dienone is 2. The number of thiophene rings is 1. The van der Waals surface area contributed by atoms with E-state index < -0.39 is 5.72 Å². The number of ketones is 1. The number of hydrogen-bond donors (Lipinski definition) is 1. The molecule has 0 bridgehead atoms. The average molecular weight is 394 g/mol. The van der Waals surface area contributed by atoms with E-state index in [2.05, 4.69) is 41.0 Å². The fourth-order valence-corrected chi connectivity index (χ4v) is 4.21. The van der Waals surface area contributed by atoms with Crippen molar-refractivity contribution in [2.75, 3.05) is 25.5 Å². The van der Waals surface area contributed by atoms with E-state index in [0.29, 0.717) is 19.6 Å². The number of amides is 1. The first kappa shape index (κ1) is 18.7. The van der Waals surface area contributed by atoms with E-state index in [4.69, 9.17) is 4.74 Å². The molecule has 1 atom stereocenters. The summed E-state index contributed by atoms with van der Waals surface area (Å²) in [5.41, 5.74) is 1.31. The molecule has 1 saturated heterocycles. The first-order chi connectivity index (χ1) is 13.6. The van der Waals surface area contributed by atoms with E-state index in [9.17, 15) is 9.59 Å². The maximum absolute atomic E-state index is 12.8. The van der Waals surface area contributed by atoms with Crippen molar-refractivity contribution in [2.24, 2.45) is 5.92 Å². The first-order valence-electron chi connectivity index (χ1n) is 9.29. The predicted molar refractivity (Wildman–Crippen MR) is 111 cm³/mol. The molecule has 1 aliphatic carbocycles. The van der Waals surface area contributed by atoms with Gasteiger partial charge in [0.2, 0.25) is 5.91 Å². The highest BCUT2D eigenvalue weighted by Gasteiger charge is 2.43. The lowest BCUT2D eigenvalue weighted by Crippen LogP contribution is -2.57. The summed E-state index contributed by atoms with van der Waals surface area (Å²) in [5.74, 6) is -0.260. The molecule has 1 aromatic heterocycles. The second kappa shape index (κ2) is 7.73. The zero-order valence-electron chi connectivity index (χ0n) is 15.6. The van der Waals surface area contributed by atoms with Crippen LogP contribution in [0, 0.1) is 5.92 Å². The number of hydrogen-bond acceptors (Lipinski definition) is 5.